The van der Waals surface area contributed by atoms with Crippen LogP contribution in [0.25, 0.3) is 0 Å². The summed E-state index contributed by atoms with van der Waals surface area (Å²) in [6.45, 7) is 14.9. The summed E-state index contributed by atoms with van der Waals surface area (Å²) in [4.78, 5) is 19.0. The number of hydrogen-bond donors (Lipinski definition) is 2. The number of piperazine rings is 1. The van der Waals surface area contributed by atoms with Gasteiger partial charge in [-0.2, -0.15) is 0 Å². The Morgan fingerprint density at radius 1 is 1.00 bits per heavy atom. The molecule has 2 N–H and O–H groups in total. The molecule has 34 heavy (non-hydrogen) atoms. The van der Waals surface area contributed by atoms with E-state index in [4.69, 9.17) is 0 Å². The van der Waals surface area contributed by atoms with Crippen LogP contribution >= 0.6 is 24.8 Å². The SMILES string of the molecule is C[C@@H]1[C@@H](CN2CCN(C)CC2)C[C@H]2C(C)(C)CCC[C@]2(C)[C@H]1C(=O)c1cc(O)cc(O)c1.Cl.Cl. The summed E-state index contributed by atoms with van der Waals surface area (Å²) >= 11 is 0. The van der Waals surface area contributed by atoms with E-state index in [-0.39, 0.29) is 64.8 Å². The predicted molar refractivity (Wildman–Crippen MR) is 143 cm³/mol. The molecule has 0 aromatic heterocycles. The summed E-state index contributed by atoms with van der Waals surface area (Å²) in [6.07, 6.45) is 4.64. The van der Waals surface area contributed by atoms with Crippen LogP contribution in [0.2, 0.25) is 0 Å². The Labute approximate surface area is 218 Å². The van der Waals surface area contributed by atoms with E-state index in [0.717, 1.165) is 45.6 Å². The van der Waals surface area contributed by atoms with Gasteiger partial charge >= 0.3 is 0 Å². The Morgan fingerprint density at radius 3 is 2.18 bits per heavy atom. The Morgan fingerprint density at radius 2 is 1.59 bits per heavy atom. The zero-order chi connectivity index (χ0) is 23.3. The molecule has 0 bridgehead atoms. The highest BCUT2D eigenvalue weighted by Gasteiger charge is 2.58. The fourth-order valence-electron chi connectivity index (χ4n) is 7.57. The van der Waals surface area contributed by atoms with Crippen LogP contribution in [0.4, 0.5) is 0 Å². The van der Waals surface area contributed by atoms with E-state index >= 15 is 0 Å². The van der Waals surface area contributed by atoms with Crippen molar-refractivity contribution in [1.29, 1.82) is 0 Å². The van der Waals surface area contributed by atoms with Crippen molar-refractivity contribution in [2.75, 3.05) is 39.8 Å². The Bertz CT molecular complexity index is 836. The van der Waals surface area contributed by atoms with Crippen LogP contribution in [0.15, 0.2) is 18.2 Å². The molecule has 5 nitrogen and oxygen atoms in total. The van der Waals surface area contributed by atoms with Crippen molar-refractivity contribution in [2.24, 2.45) is 34.5 Å². The fraction of sp³-hybridized carbons (Fsp3) is 0.741. The van der Waals surface area contributed by atoms with Gasteiger partial charge in [0.1, 0.15) is 11.5 Å². The molecule has 1 aromatic carbocycles. The van der Waals surface area contributed by atoms with Gasteiger partial charge in [-0.1, -0.05) is 34.1 Å². The highest BCUT2D eigenvalue weighted by atomic mass is 35.5. The van der Waals surface area contributed by atoms with Crippen molar-refractivity contribution in [3.8, 4) is 11.5 Å². The lowest BCUT2D eigenvalue weighted by molar-refractivity contribution is -0.107. The summed E-state index contributed by atoms with van der Waals surface area (Å²) < 4.78 is 0. The lowest BCUT2D eigenvalue weighted by atomic mass is 9.44. The van der Waals surface area contributed by atoms with Crippen molar-refractivity contribution in [3.05, 3.63) is 23.8 Å². The zero-order valence-electron chi connectivity index (χ0n) is 21.4. The highest BCUT2D eigenvalue weighted by molar-refractivity contribution is 5.99. The summed E-state index contributed by atoms with van der Waals surface area (Å²) in [5.41, 5.74) is 0.605. The van der Waals surface area contributed by atoms with E-state index in [1.807, 2.05) is 0 Å². The number of rotatable bonds is 4. The third-order valence-electron chi connectivity index (χ3n) is 9.35. The third-order valence-corrected chi connectivity index (χ3v) is 9.35. The van der Waals surface area contributed by atoms with Gasteiger partial charge in [-0.25, -0.2) is 0 Å². The first kappa shape index (κ1) is 29.2. The minimum Gasteiger partial charge on any atom is -0.508 e. The molecule has 0 spiro atoms. The molecule has 3 aliphatic rings. The minimum atomic E-state index is -0.0977. The number of phenols is 2. The van der Waals surface area contributed by atoms with E-state index in [1.54, 1.807) is 0 Å². The Kier molecular flexibility index (Phi) is 9.40. The average molecular weight is 516 g/mol. The molecule has 0 unspecified atom stereocenters. The number of likely N-dealkylation sites (N-methyl/N-ethyl adjacent to an activating group) is 1. The van der Waals surface area contributed by atoms with Gasteiger partial charge < -0.3 is 20.0 Å². The van der Waals surface area contributed by atoms with Crippen LogP contribution in [0.1, 0.15) is 63.7 Å². The predicted octanol–water partition coefficient (Wildman–Crippen LogP) is 5.48. The lowest BCUT2D eigenvalue weighted by Crippen LogP contribution is -2.58. The smallest absolute Gasteiger partial charge is 0.167 e. The maximum Gasteiger partial charge on any atom is 0.167 e. The second kappa shape index (κ2) is 10.9. The molecular formula is C27H44Cl2N2O3. The summed E-state index contributed by atoms with van der Waals surface area (Å²) in [6, 6.07) is 4.36. The number of ketones is 1. The van der Waals surface area contributed by atoms with Gasteiger partial charge in [-0.05, 0) is 67.0 Å². The summed E-state index contributed by atoms with van der Waals surface area (Å²) in [5, 5.41) is 20.1. The van der Waals surface area contributed by atoms with Gasteiger partial charge in [0, 0.05) is 50.3 Å². The van der Waals surface area contributed by atoms with Crippen LogP contribution in [-0.4, -0.2) is 65.6 Å². The zero-order valence-corrected chi connectivity index (χ0v) is 23.1. The molecule has 1 saturated heterocycles. The molecular weight excluding hydrogens is 471 g/mol. The van der Waals surface area contributed by atoms with Crippen LogP contribution in [0.3, 0.4) is 0 Å². The van der Waals surface area contributed by atoms with Gasteiger partial charge in [0.2, 0.25) is 0 Å². The van der Waals surface area contributed by atoms with E-state index in [0.29, 0.717) is 17.4 Å². The van der Waals surface area contributed by atoms with Crippen molar-refractivity contribution < 1.29 is 15.0 Å². The molecule has 7 heteroatoms. The number of Topliss-reactive ketones (excluding diaryl/α,β-unsaturated/α-hetero) is 1. The second-order valence-corrected chi connectivity index (χ2v) is 11.9. The van der Waals surface area contributed by atoms with Crippen molar-refractivity contribution in [3.63, 3.8) is 0 Å². The third kappa shape index (κ3) is 5.53. The highest BCUT2D eigenvalue weighted by Crippen LogP contribution is 2.63. The molecule has 2 saturated carbocycles. The van der Waals surface area contributed by atoms with Crippen molar-refractivity contribution in [2.45, 2.75) is 53.4 Å². The quantitative estimate of drug-likeness (QED) is 0.521. The number of phenolic OH excluding ortho intramolecular Hbond substituents is 2. The number of halogens is 2. The van der Waals surface area contributed by atoms with E-state index in [1.165, 1.54) is 31.0 Å². The van der Waals surface area contributed by atoms with Crippen molar-refractivity contribution in [1.82, 2.24) is 9.80 Å². The fourth-order valence-corrected chi connectivity index (χ4v) is 7.57. The molecule has 1 heterocycles. The van der Waals surface area contributed by atoms with Gasteiger partial charge in [-0.3, -0.25) is 4.79 Å². The number of carbonyl (C=O) groups excluding carboxylic acids is 1. The molecule has 194 valence electrons. The van der Waals surface area contributed by atoms with Crippen molar-refractivity contribution >= 4 is 30.6 Å². The second-order valence-electron chi connectivity index (χ2n) is 11.9. The van der Waals surface area contributed by atoms with Gasteiger partial charge in [0.25, 0.3) is 0 Å². The minimum absolute atomic E-state index is 0. The van der Waals surface area contributed by atoms with E-state index in [2.05, 4.69) is 44.5 Å². The molecule has 2 aliphatic carbocycles. The number of aromatic hydroxyl groups is 2. The molecule has 3 fully saturated rings. The number of carbonyl (C=O) groups is 1. The first-order valence-corrected chi connectivity index (χ1v) is 12.5. The van der Waals surface area contributed by atoms with Gasteiger partial charge in [-0.15, -0.1) is 24.8 Å². The first-order valence-electron chi connectivity index (χ1n) is 12.5. The van der Waals surface area contributed by atoms with E-state index in [9.17, 15) is 15.0 Å². The number of fused-ring (bicyclic) bond motifs is 1. The van der Waals surface area contributed by atoms with Crippen LogP contribution in [0.5, 0.6) is 11.5 Å². The van der Waals surface area contributed by atoms with Gasteiger partial charge in [0.05, 0.1) is 0 Å². The molecule has 1 aromatic rings. The number of benzene rings is 1. The van der Waals surface area contributed by atoms with Crippen LogP contribution < -0.4 is 0 Å². The number of nitrogens with zero attached hydrogens (tertiary/aromatic N) is 2. The number of hydrogen-bond acceptors (Lipinski definition) is 5. The van der Waals surface area contributed by atoms with E-state index < -0.39 is 0 Å². The Hall–Kier alpha value is -1.01. The molecule has 5 atom stereocenters. The average Bonchev–Trinajstić information content (AvgIpc) is 2.70. The molecule has 1 aliphatic heterocycles. The summed E-state index contributed by atoms with van der Waals surface area (Å²) in [7, 11) is 2.19. The molecule has 4 rings (SSSR count). The topological polar surface area (TPSA) is 64.0 Å². The van der Waals surface area contributed by atoms with Crippen LogP contribution in [-0.2, 0) is 0 Å². The lowest BCUT2D eigenvalue weighted by Gasteiger charge is -2.61. The maximum absolute atomic E-state index is 14.0. The maximum atomic E-state index is 14.0. The normalized spacial score (nSPS) is 33.8. The standard InChI is InChI=1S/C27H42N2O3.2ClH/c1-18-20(17-29-11-9-28(5)10-12-29)15-23-26(2,3)7-6-8-27(23,4)24(18)25(32)19-13-21(30)16-22(31)14-19;;/h13-14,16,18,20,23-24,30-31H,6-12,15,17H2,1-5H3;2*1H/t18-,20-,23+,24-,27+;;/m1../s1. The van der Waals surface area contributed by atoms with Gasteiger partial charge in [0.15, 0.2) is 5.78 Å². The largest absolute Gasteiger partial charge is 0.508 e. The Balaban J connectivity index is 0.00000204. The first-order chi connectivity index (χ1) is 15.0. The molecule has 0 radical (unpaired) electrons. The monoisotopic (exact) mass is 514 g/mol. The molecule has 0 amide bonds. The van der Waals surface area contributed by atoms with Crippen LogP contribution in [0, 0.1) is 34.5 Å². The summed E-state index contributed by atoms with van der Waals surface area (Å²) in [5.74, 6) is 1.15.